The monoisotopic (exact) mass is 199 g/mol. The molecule has 82 valence electrons. The normalized spacial score (nSPS) is 24.1. The minimum Gasteiger partial charge on any atom is -0.354 e. The summed E-state index contributed by atoms with van der Waals surface area (Å²) in [5.41, 5.74) is 0. The average Bonchev–Trinajstić information content (AvgIpc) is 2.21. The summed E-state index contributed by atoms with van der Waals surface area (Å²) in [7, 11) is 3.35. The van der Waals surface area contributed by atoms with Crippen molar-refractivity contribution < 1.29 is 9.47 Å². The molecule has 0 fully saturated rings. The van der Waals surface area contributed by atoms with Crippen LogP contribution in [-0.4, -0.2) is 32.6 Å². The highest BCUT2D eigenvalue weighted by atomic mass is 16.7. The Kier molecular flexibility index (Phi) is 5.15. The molecule has 1 aliphatic carbocycles. The van der Waals surface area contributed by atoms with E-state index in [1.807, 2.05) is 0 Å². The van der Waals surface area contributed by atoms with Gasteiger partial charge in [-0.1, -0.05) is 12.2 Å². The Morgan fingerprint density at radius 2 is 2.00 bits per heavy atom. The Bertz CT molecular complexity index is 178. The van der Waals surface area contributed by atoms with E-state index in [0.717, 1.165) is 6.42 Å². The van der Waals surface area contributed by atoms with Crippen LogP contribution in [0.15, 0.2) is 12.2 Å². The molecule has 0 saturated heterocycles. The van der Waals surface area contributed by atoms with Gasteiger partial charge in [0.15, 0.2) is 6.29 Å². The van der Waals surface area contributed by atoms with Gasteiger partial charge in [0.25, 0.3) is 0 Å². The minimum atomic E-state index is -0.152. The van der Waals surface area contributed by atoms with Crippen molar-refractivity contribution >= 4 is 0 Å². The molecule has 1 rings (SSSR count). The third kappa shape index (κ3) is 3.40. The van der Waals surface area contributed by atoms with E-state index in [1.54, 1.807) is 14.2 Å². The molecule has 0 radical (unpaired) electrons. The molecule has 1 aliphatic rings. The lowest BCUT2D eigenvalue weighted by Crippen LogP contribution is -2.45. The van der Waals surface area contributed by atoms with Gasteiger partial charge in [-0.15, -0.1) is 0 Å². The number of methoxy groups -OCH3 is 2. The van der Waals surface area contributed by atoms with Crippen molar-refractivity contribution in [1.29, 1.82) is 0 Å². The first-order chi connectivity index (χ1) is 6.77. The summed E-state index contributed by atoms with van der Waals surface area (Å²) in [6.45, 7) is 2.09. The van der Waals surface area contributed by atoms with Crippen molar-refractivity contribution in [2.45, 2.75) is 44.6 Å². The van der Waals surface area contributed by atoms with Gasteiger partial charge in [0.05, 0.1) is 6.04 Å². The Morgan fingerprint density at radius 1 is 1.29 bits per heavy atom. The number of hydrogen-bond acceptors (Lipinski definition) is 3. The second-order valence-corrected chi connectivity index (χ2v) is 3.78. The topological polar surface area (TPSA) is 30.5 Å². The van der Waals surface area contributed by atoms with Crippen molar-refractivity contribution in [3.63, 3.8) is 0 Å². The van der Waals surface area contributed by atoms with Gasteiger partial charge < -0.3 is 14.8 Å². The van der Waals surface area contributed by atoms with Gasteiger partial charge >= 0.3 is 0 Å². The van der Waals surface area contributed by atoms with Crippen LogP contribution in [0.25, 0.3) is 0 Å². The van der Waals surface area contributed by atoms with Crippen LogP contribution in [0, 0.1) is 0 Å². The summed E-state index contributed by atoms with van der Waals surface area (Å²) in [5, 5.41) is 3.52. The molecule has 1 N–H and O–H groups in total. The Morgan fingerprint density at radius 3 is 2.50 bits per heavy atom. The lowest BCUT2D eigenvalue weighted by molar-refractivity contribution is -0.121. The van der Waals surface area contributed by atoms with Gasteiger partial charge in [-0.3, -0.25) is 0 Å². The molecule has 2 atom stereocenters. The number of rotatable bonds is 5. The zero-order valence-electron chi connectivity index (χ0n) is 9.32. The summed E-state index contributed by atoms with van der Waals surface area (Å²) in [6.07, 6.45) is 7.83. The molecule has 14 heavy (non-hydrogen) atoms. The predicted molar refractivity (Wildman–Crippen MR) is 57.2 cm³/mol. The third-order valence-electron chi connectivity index (χ3n) is 2.64. The van der Waals surface area contributed by atoms with Crippen molar-refractivity contribution in [3.05, 3.63) is 12.2 Å². The first-order valence-electron chi connectivity index (χ1n) is 5.24. The van der Waals surface area contributed by atoms with Crippen LogP contribution in [0.1, 0.15) is 26.2 Å². The first kappa shape index (κ1) is 11.7. The molecule has 0 amide bonds. The van der Waals surface area contributed by atoms with Crippen LogP contribution in [0.2, 0.25) is 0 Å². The van der Waals surface area contributed by atoms with E-state index in [0.29, 0.717) is 6.04 Å². The maximum absolute atomic E-state index is 5.20. The van der Waals surface area contributed by atoms with Crippen LogP contribution in [0.3, 0.4) is 0 Å². The summed E-state index contributed by atoms with van der Waals surface area (Å²) in [5.74, 6) is 0. The molecule has 0 bridgehead atoms. The highest BCUT2D eigenvalue weighted by Gasteiger charge is 2.19. The van der Waals surface area contributed by atoms with Gasteiger partial charge in [-0.05, 0) is 26.2 Å². The zero-order chi connectivity index (χ0) is 10.4. The summed E-state index contributed by atoms with van der Waals surface area (Å²) in [4.78, 5) is 0. The van der Waals surface area contributed by atoms with E-state index in [4.69, 9.17) is 9.47 Å². The maximum atomic E-state index is 5.20. The van der Waals surface area contributed by atoms with E-state index < -0.39 is 0 Å². The Balaban J connectivity index is 2.31. The summed E-state index contributed by atoms with van der Waals surface area (Å²) >= 11 is 0. The fourth-order valence-corrected chi connectivity index (χ4v) is 1.90. The predicted octanol–water partition coefficient (Wildman–Crippen LogP) is 1.69. The smallest absolute Gasteiger partial charge is 0.171 e. The van der Waals surface area contributed by atoms with Crippen LogP contribution in [0.4, 0.5) is 0 Å². The zero-order valence-corrected chi connectivity index (χ0v) is 9.32. The van der Waals surface area contributed by atoms with Crippen LogP contribution >= 0.6 is 0 Å². The van der Waals surface area contributed by atoms with Crippen molar-refractivity contribution in [1.82, 2.24) is 5.32 Å². The standard InChI is InChI=1S/C11H21NO2/c1-9(11(13-2)14-3)12-10-7-5-4-6-8-10/h4-5,9-12H,6-8H2,1-3H3. The van der Waals surface area contributed by atoms with Gasteiger partial charge in [0.2, 0.25) is 0 Å². The van der Waals surface area contributed by atoms with Crippen molar-refractivity contribution in [3.8, 4) is 0 Å². The molecule has 0 saturated carbocycles. The first-order valence-corrected chi connectivity index (χ1v) is 5.24. The van der Waals surface area contributed by atoms with Gasteiger partial charge in [-0.2, -0.15) is 0 Å². The minimum absolute atomic E-state index is 0.152. The van der Waals surface area contributed by atoms with E-state index in [2.05, 4.69) is 24.4 Å². The van der Waals surface area contributed by atoms with Crippen LogP contribution in [-0.2, 0) is 9.47 Å². The van der Waals surface area contributed by atoms with Crippen LogP contribution in [0.5, 0.6) is 0 Å². The van der Waals surface area contributed by atoms with Gasteiger partial charge in [0, 0.05) is 20.3 Å². The Hall–Kier alpha value is -0.380. The summed E-state index contributed by atoms with van der Waals surface area (Å²) < 4.78 is 10.4. The SMILES string of the molecule is COC(OC)C(C)NC1CC=CCC1. The van der Waals surface area contributed by atoms with Crippen LogP contribution < -0.4 is 5.32 Å². The van der Waals surface area contributed by atoms with E-state index in [9.17, 15) is 0 Å². The second-order valence-electron chi connectivity index (χ2n) is 3.78. The number of nitrogens with one attached hydrogen (secondary N) is 1. The van der Waals surface area contributed by atoms with E-state index in [-0.39, 0.29) is 12.3 Å². The van der Waals surface area contributed by atoms with Crippen molar-refractivity contribution in [2.24, 2.45) is 0 Å². The highest BCUT2D eigenvalue weighted by molar-refractivity contribution is 4.93. The third-order valence-corrected chi connectivity index (χ3v) is 2.64. The second kappa shape index (κ2) is 6.17. The molecule has 3 nitrogen and oxygen atoms in total. The summed E-state index contributed by atoms with van der Waals surface area (Å²) in [6, 6.07) is 0.810. The lowest BCUT2D eigenvalue weighted by atomic mass is 10.0. The number of ether oxygens (including phenoxy) is 2. The maximum Gasteiger partial charge on any atom is 0.171 e. The molecule has 0 spiro atoms. The molecular weight excluding hydrogens is 178 g/mol. The molecule has 0 heterocycles. The van der Waals surface area contributed by atoms with E-state index >= 15 is 0 Å². The van der Waals surface area contributed by atoms with E-state index in [1.165, 1.54) is 12.8 Å². The molecule has 0 aromatic rings. The largest absolute Gasteiger partial charge is 0.354 e. The molecule has 0 aromatic heterocycles. The highest BCUT2D eigenvalue weighted by Crippen LogP contribution is 2.12. The fraction of sp³-hybridized carbons (Fsp3) is 0.818. The number of allylic oxidation sites excluding steroid dienone is 1. The quantitative estimate of drug-likeness (QED) is 0.540. The average molecular weight is 199 g/mol. The fourth-order valence-electron chi connectivity index (χ4n) is 1.90. The van der Waals surface area contributed by atoms with Crippen molar-refractivity contribution in [2.75, 3.05) is 14.2 Å². The molecule has 2 unspecified atom stereocenters. The molecule has 0 aromatic carbocycles. The lowest BCUT2D eigenvalue weighted by Gasteiger charge is -2.28. The molecular formula is C11H21NO2. The van der Waals surface area contributed by atoms with Gasteiger partial charge in [0.1, 0.15) is 0 Å². The number of hydrogen-bond donors (Lipinski definition) is 1. The molecule has 0 aliphatic heterocycles. The van der Waals surface area contributed by atoms with Gasteiger partial charge in [-0.25, -0.2) is 0 Å². The molecule has 3 heteroatoms. The Labute approximate surface area is 86.5 Å².